The van der Waals surface area contributed by atoms with Gasteiger partial charge in [-0.15, -0.1) is 0 Å². The molecule has 0 radical (unpaired) electrons. The Labute approximate surface area is 170 Å². The van der Waals surface area contributed by atoms with E-state index in [0.717, 1.165) is 47.8 Å². The molecule has 0 atom stereocenters. The highest BCUT2D eigenvalue weighted by atomic mass is 32.1. The summed E-state index contributed by atoms with van der Waals surface area (Å²) in [6, 6.07) is 19.4. The van der Waals surface area contributed by atoms with Crippen LogP contribution in [0.4, 0.5) is 5.69 Å². The Balaban J connectivity index is 1.30. The molecule has 0 saturated heterocycles. The molecule has 0 fully saturated rings. The van der Waals surface area contributed by atoms with Gasteiger partial charge in [-0.25, -0.2) is 0 Å². The summed E-state index contributed by atoms with van der Waals surface area (Å²) in [6.07, 6.45) is 4.65. The predicted octanol–water partition coefficient (Wildman–Crippen LogP) is 5.23. The largest absolute Gasteiger partial charge is 0.494 e. The summed E-state index contributed by atoms with van der Waals surface area (Å²) in [5, 5.41) is 3.14. The number of unbranched alkanes of at least 4 members (excludes halogenated alkanes) is 2. The van der Waals surface area contributed by atoms with Gasteiger partial charge in [0, 0.05) is 17.3 Å². The number of hydrogen-bond donors (Lipinski definition) is 2. The molecule has 146 valence electrons. The topological polar surface area (TPSA) is 69.7 Å². The minimum atomic E-state index is 0.243. The van der Waals surface area contributed by atoms with Crippen molar-refractivity contribution in [1.29, 1.82) is 0 Å². The molecule has 0 amide bonds. The van der Waals surface area contributed by atoms with Gasteiger partial charge in [0.25, 0.3) is 0 Å². The van der Waals surface area contributed by atoms with Crippen LogP contribution in [0.5, 0.6) is 11.5 Å². The minimum Gasteiger partial charge on any atom is -0.494 e. The molecule has 1 aromatic heterocycles. The first-order valence-electron chi connectivity index (χ1n) is 9.27. The molecule has 2 aromatic carbocycles. The van der Waals surface area contributed by atoms with Crippen LogP contribution in [0.3, 0.4) is 0 Å². The van der Waals surface area contributed by atoms with Gasteiger partial charge in [-0.3, -0.25) is 0 Å². The third-order valence-electron chi connectivity index (χ3n) is 4.09. The molecule has 28 heavy (non-hydrogen) atoms. The van der Waals surface area contributed by atoms with Crippen LogP contribution in [-0.4, -0.2) is 18.3 Å². The van der Waals surface area contributed by atoms with Crippen molar-refractivity contribution in [3.63, 3.8) is 0 Å². The Morgan fingerprint density at radius 2 is 1.64 bits per heavy atom. The molecule has 3 N–H and O–H groups in total. The number of anilines is 1. The summed E-state index contributed by atoms with van der Waals surface area (Å²) >= 11 is 4.84. The molecule has 0 saturated carbocycles. The minimum absolute atomic E-state index is 0.243. The molecule has 0 spiro atoms. The first kappa shape index (κ1) is 19.8. The third kappa shape index (κ3) is 6.32. The van der Waals surface area contributed by atoms with Crippen molar-refractivity contribution >= 4 is 23.0 Å². The molecule has 0 bridgehead atoms. The number of rotatable bonds is 10. The summed E-state index contributed by atoms with van der Waals surface area (Å²) in [5.41, 5.74) is 7.35. The van der Waals surface area contributed by atoms with Gasteiger partial charge < -0.3 is 24.9 Å². The number of hydrogen-bond acceptors (Lipinski definition) is 4. The highest BCUT2D eigenvalue weighted by Gasteiger charge is 2.01. The van der Waals surface area contributed by atoms with Gasteiger partial charge in [0.2, 0.25) is 0 Å². The van der Waals surface area contributed by atoms with Crippen molar-refractivity contribution in [2.45, 2.75) is 19.3 Å². The lowest BCUT2D eigenvalue weighted by atomic mass is 10.2. The average molecular weight is 397 g/mol. The maximum atomic E-state index is 5.79. The zero-order valence-corrected chi connectivity index (χ0v) is 16.4. The van der Waals surface area contributed by atoms with Crippen molar-refractivity contribution in [2.24, 2.45) is 5.73 Å². The summed E-state index contributed by atoms with van der Waals surface area (Å²) in [5.74, 6) is 2.53. The maximum absolute atomic E-state index is 5.79. The van der Waals surface area contributed by atoms with Gasteiger partial charge in [0.1, 0.15) is 17.3 Å². The summed E-state index contributed by atoms with van der Waals surface area (Å²) in [6.45, 7) is 1.35. The zero-order valence-electron chi connectivity index (χ0n) is 15.6. The van der Waals surface area contributed by atoms with E-state index in [9.17, 15) is 0 Å². The van der Waals surface area contributed by atoms with E-state index in [1.807, 2.05) is 60.7 Å². The van der Waals surface area contributed by atoms with Crippen LogP contribution in [0.15, 0.2) is 71.3 Å². The van der Waals surface area contributed by atoms with Gasteiger partial charge >= 0.3 is 0 Å². The zero-order chi connectivity index (χ0) is 19.6. The quantitative estimate of drug-likeness (QED) is 0.361. The first-order chi connectivity index (χ1) is 13.7. The standard InChI is InChI=1S/C22H24N2O3S/c23-22(28)24-18-6-4-7-20(16-18)26-14-3-1-2-13-25-19-11-9-17(10-12-19)21-8-5-15-27-21/h4-12,15-16H,1-3,13-14H2,(H3,23,24,28). The van der Waals surface area contributed by atoms with Crippen molar-refractivity contribution in [2.75, 3.05) is 18.5 Å². The fraction of sp³-hybridized carbons (Fsp3) is 0.227. The fourth-order valence-corrected chi connectivity index (χ4v) is 2.84. The van der Waals surface area contributed by atoms with Crippen molar-refractivity contribution in [3.05, 3.63) is 66.9 Å². The summed E-state index contributed by atoms with van der Waals surface area (Å²) in [4.78, 5) is 0. The Hall–Kier alpha value is -2.99. The van der Waals surface area contributed by atoms with Crippen LogP contribution in [0.1, 0.15) is 19.3 Å². The molecule has 5 nitrogen and oxygen atoms in total. The number of furan rings is 1. The second-order valence-electron chi connectivity index (χ2n) is 6.28. The van der Waals surface area contributed by atoms with E-state index >= 15 is 0 Å². The Bertz CT molecular complexity index is 864. The molecule has 3 aromatic rings. The van der Waals surface area contributed by atoms with Gasteiger partial charge in [-0.2, -0.15) is 0 Å². The van der Waals surface area contributed by atoms with Gasteiger partial charge in [0.05, 0.1) is 19.5 Å². The smallest absolute Gasteiger partial charge is 0.168 e. The van der Waals surface area contributed by atoms with Crippen LogP contribution < -0.4 is 20.5 Å². The highest BCUT2D eigenvalue weighted by molar-refractivity contribution is 7.80. The normalized spacial score (nSPS) is 10.4. The molecule has 0 aliphatic carbocycles. The number of nitrogens with one attached hydrogen (secondary N) is 1. The number of benzene rings is 2. The van der Waals surface area contributed by atoms with E-state index in [0.29, 0.717) is 13.2 Å². The lowest BCUT2D eigenvalue weighted by molar-refractivity contribution is 0.279. The lowest BCUT2D eigenvalue weighted by Gasteiger charge is -2.09. The summed E-state index contributed by atoms with van der Waals surface area (Å²) < 4.78 is 16.9. The Morgan fingerprint density at radius 3 is 2.32 bits per heavy atom. The molecular formula is C22H24N2O3S. The monoisotopic (exact) mass is 396 g/mol. The molecule has 0 aliphatic heterocycles. The SMILES string of the molecule is NC(=S)Nc1cccc(OCCCCCOc2ccc(-c3ccco3)cc2)c1. The van der Waals surface area contributed by atoms with Crippen molar-refractivity contribution in [1.82, 2.24) is 0 Å². The Kier molecular flexibility index (Phi) is 7.32. The molecule has 6 heteroatoms. The lowest BCUT2D eigenvalue weighted by Crippen LogP contribution is -2.18. The van der Waals surface area contributed by atoms with Crippen molar-refractivity contribution in [3.8, 4) is 22.8 Å². The van der Waals surface area contributed by atoms with Gasteiger partial charge in [-0.1, -0.05) is 6.07 Å². The highest BCUT2D eigenvalue weighted by Crippen LogP contribution is 2.23. The van der Waals surface area contributed by atoms with Crippen LogP contribution in [0.25, 0.3) is 11.3 Å². The van der Waals surface area contributed by atoms with Crippen LogP contribution in [0, 0.1) is 0 Å². The van der Waals surface area contributed by atoms with Gasteiger partial charge in [0.15, 0.2) is 5.11 Å². The van der Waals surface area contributed by atoms with E-state index in [1.54, 1.807) is 6.26 Å². The van der Waals surface area contributed by atoms with Crippen molar-refractivity contribution < 1.29 is 13.9 Å². The van der Waals surface area contributed by atoms with Crippen LogP contribution in [0.2, 0.25) is 0 Å². The molecule has 3 rings (SSSR count). The summed E-state index contributed by atoms with van der Waals surface area (Å²) in [7, 11) is 0. The second kappa shape index (κ2) is 10.4. The molecule has 0 aliphatic rings. The Morgan fingerprint density at radius 1 is 0.893 bits per heavy atom. The predicted molar refractivity (Wildman–Crippen MR) is 116 cm³/mol. The number of nitrogens with two attached hydrogens (primary N) is 1. The first-order valence-corrected chi connectivity index (χ1v) is 9.67. The maximum Gasteiger partial charge on any atom is 0.168 e. The number of thiocarbonyl (C=S) groups is 1. The molecule has 0 unspecified atom stereocenters. The van der Waals surface area contributed by atoms with E-state index in [4.69, 9.17) is 31.8 Å². The van der Waals surface area contributed by atoms with Crippen LogP contribution in [-0.2, 0) is 0 Å². The van der Waals surface area contributed by atoms with E-state index < -0.39 is 0 Å². The van der Waals surface area contributed by atoms with E-state index in [-0.39, 0.29) is 5.11 Å². The third-order valence-corrected chi connectivity index (χ3v) is 4.19. The molecular weight excluding hydrogens is 372 g/mol. The number of ether oxygens (including phenoxy) is 2. The fourth-order valence-electron chi connectivity index (χ4n) is 2.73. The average Bonchev–Trinajstić information content (AvgIpc) is 3.22. The van der Waals surface area contributed by atoms with E-state index in [2.05, 4.69) is 5.32 Å². The van der Waals surface area contributed by atoms with Gasteiger partial charge in [-0.05, 0) is 80.0 Å². The van der Waals surface area contributed by atoms with E-state index in [1.165, 1.54) is 0 Å². The molecule has 1 heterocycles. The van der Waals surface area contributed by atoms with Crippen LogP contribution >= 0.6 is 12.2 Å². The second-order valence-corrected chi connectivity index (χ2v) is 6.72.